The smallest absolute Gasteiger partial charge is 0.409 e. The van der Waals surface area contributed by atoms with Gasteiger partial charge >= 0.3 is 6.09 Å². The van der Waals surface area contributed by atoms with Crippen molar-refractivity contribution in [3.8, 4) is 0 Å². The van der Waals surface area contributed by atoms with Crippen molar-refractivity contribution < 1.29 is 19.1 Å². The van der Waals surface area contributed by atoms with E-state index in [0.29, 0.717) is 32.8 Å². The number of ether oxygens (including phenoxy) is 1. The fourth-order valence-corrected chi connectivity index (χ4v) is 3.72. The Hall–Kier alpha value is -1.89. The highest BCUT2D eigenvalue weighted by Crippen LogP contribution is 2.22. The summed E-state index contributed by atoms with van der Waals surface area (Å²) in [6.45, 7) is 7.95. The third-order valence-corrected chi connectivity index (χ3v) is 5.03. The molecular formula is C17H24N2O4S. The Labute approximate surface area is 146 Å². The van der Waals surface area contributed by atoms with Gasteiger partial charge in [-0.2, -0.15) is 0 Å². The van der Waals surface area contributed by atoms with E-state index >= 15 is 0 Å². The Morgan fingerprint density at radius 3 is 2.25 bits per heavy atom. The highest BCUT2D eigenvalue weighted by molar-refractivity contribution is 7.12. The normalized spacial score (nSPS) is 14.6. The molecule has 24 heavy (non-hydrogen) atoms. The zero-order chi connectivity index (χ0) is 17.7. The van der Waals surface area contributed by atoms with E-state index < -0.39 is 0 Å². The molecule has 0 saturated carbocycles. The molecule has 1 aromatic rings. The van der Waals surface area contributed by atoms with Crippen molar-refractivity contribution in [1.29, 1.82) is 0 Å². The van der Waals surface area contributed by atoms with E-state index in [1.54, 1.807) is 28.1 Å². The predicted molar refractivity (Wildman–Crippen MR) is 92.5 cm³/mol. The van der Waals surface area contributed by atoms with Gasteiger partial charge in [-0.1, -0.05) is 0 Å². The van der Waals surface area contributed by atoms with Crippen LogP contribution in [0.5, 0.6) is 0 Å². The van der Waals surface area contributed by atoms with Gasteiger partial charge in [0.15, 0.2) is 5.78 Å². The van der Waals surface area contributed by atoms with Crippen molar-refractivity contribution in [2.75, 3.05) is 32.8 Å². The van der Waals surface area contributed by atoms with Gasteiger partial charge in [0.1, 0.15) is 0 Å². The number of hydrogen-bond acceptors (Lipinski definition) is 5. The number of amides is 2. The van der Waals surface area contributed by atoms with Gasteiger partial charge in [-0.15, -0.1) is 11.3 Å². The van der Waals surface area contributed by atoms with Crippen LogP contribution in [0.25, 0.3) is 0 Å². The molecule has 0 aromatic carbocycles. The second-order valence-corrected chi connectivity index (χ2v) is 7.28. The highest BCUT2D eigenvalue weighted by atomic mass is 32.1. The number of nitrogens with zero attached hydrogens (tertiary/aromatic N) is 2. The number of hydrogen-bond donors (Lipinski definition) is 0. The maximum Gasteiger partial charge on any atom is 0.409 e. The summed E-state index contributed by atoms with van der Waals surface area (Å²) in [5, 5.41) is 0. The van der Waals surface area contributed by atoms with E-state index in [0.717, 1.165) is 15.3 Å². The number of carbonyl (C=O) groups excluding carboxylic acids is 3. The van der Waals surface area contributed by atoms with Crippen LogP contribution < -0.4 is 0 Å². The lowest BCUT2D eigenvalue weighted by Gasteiger charge is -2.34. The molecule has 132 valence electrons. The van der Waals surface area contributed by atoms with Gasteiger partial charge in [-0.05, 0) is 26.8 Å². The third kappa shape index (κ3) is 4.56. The zero-order valence-electron chi connectivity index (χ0n) is 14.5. The second kappa shape index (κ2) is 8.28. The van der Waals surface area contributed by atoms with Gasteiger partial charge in [0, 0.05) is 54.3 Å². The minimum Gasteiger partial charge on any atom is -0.450 e. The quantitative estimate of drug-likeness (QED) is 0.764. The standard InChI is InChI=1S/C17H24N2O4S/c1-4-23-17(22)19-9-7-18(8-10-19)16(21)6-5-15(20)14-11-12(2)24-13(14)3/h11H,4-10H2,1-3H3. The number of piperazine rings is 1. The first-order valence-electron chi connectivity index (χ1n) is 8.22. The van der Waals surface area contributed by atoms with Gasteiger partial charge in [0.2, 0.25) is 5.91 Å². The minimum atomic E-state index is -0.330. The van der Waals surface area contributed by atoms with Crippen LogP contribution in [0.15, 0.2) is 6.07 Å². The molecule has 1 fully saturated rings. The van der Waals surface area contributed by atoms with Crippen molar-refractivity contribution in [3.63, 3.8) is 0 Å². The Balaban J connectivity index is 1.79. The molecule has 1 aliphatic heterocycles. The van der Waals surface area contributed by atoms with E-state index in [1.165, 1.54) is 0 Å². The van der Waals surface area contributed by atoms with Crippen LogP contribution in [-0.4, -0.2) is 60.4 Å². The Kier molecular flexibility index (Phi) is 6.36. The second-order valence-electron chi connectivity index (χ2n) is 5.82. The summed E-state index contributed by atoms with van der Waals surface area (Å²) in [6, 6.07) is 1.89. The Morgan fingerprint density at radius 1 is 1.08 bits per heavy atom. The SMILES string of the molecule is CCOC(=O)N1CCN(C(=O)CCC(=O)c2cc(C)sc2C)CC1. The van der Waals surface area contributed by atoms with Gasteiger partial charge in [0.05, 0.1) is 6.61 Å². The van der Waals surface area contributed by atoms with Crippen LogP contribution in [-0.2, 0) is 9.53 Å². The molecule has 1 aliphatic rings. The summed E-state index contributed by atoms with van der Waals surface area (Å²) in [4.78, 5) is 41.6. The first kappa shape index (κ1) is 18.4. The molecule has 0 aliphatic carbocycles. The molecule has 2 amide bonds. The maximum atomic E-state index is 12.3. The van der Waals surface area contributed by atoms with E-state index in [2.05, 4.69) is 0 Å². The molecule has 6 nitrogen and oxygen atoms in total. The van der Waals surface area contributed by atoms with Crippen molar-refractivity contribution >= 4 is 29.1 Å². The lowest BCUT2D eigenvalue weighted by molar-refractivity contribution is -0.132. The number of Topliss-reactive ketones (excluding diaryl/α,β-unsaturated/α-hetero) is 1. The van der Waals surface area contributed by atoms with Gasteiger partial charge in [-0.3, -0.25) is 9.59 Å². The summed E-state index contributed by atoms with van der Waals surface area (Å²) in [5.74, 6) is -0.00757. The van der Waals surface area contributed by atoms with E-state index in [1.807, 2.05) is 19.9 Å². The van der Waals surface area contributed by atoms with Crippen LogP contribution in [0.2, 0.25) is 0 Å². The van der Waals surface area contributed by atoms with Crippen molar-refractivity contribution in [3.05, 3.63) is 21.4 Å². The highest BCUT2D eigenvalue weighted by Gasteiger charge is 2.25. The van der Waals surface area contributed by atoms with Gasteiger partial charge < -0.3 is 14.5 Å². The summed E-state index contributed by atoms with van der Waals surface area (Å²) in [6.07, 6.45) is 0.114. The van der Waals surface area contributed by atoms with E-state index in [-0.39, 0.29) is 30.6 Å². The molecule has 0 spiro atoms. The summed E-state index contributed by atoms with van der Waals surface area (Å²) < 4.78 is 4.96. The lowest BCUT2D eigenvalue weighted by Crippen LogP contribution is -2.50. The minimum absolute atomic E-state index is 0.0235. The monoisotopic (exact) mass is 352 g/mol. The lowest BCUT2D eigenvalue weighted by atomic mass is 10.1. The Morgan fingerprint density at radius 2 is 1.71 bits per heavy atom. The molecule has 7 heteroatoms. The van der Waals surface area contributed by atoms with Crippen LogP contribution in [0.1, 0.15) is 39.9 Å². The zero-order valence-corrected chi connectivity index (χ0v) is 15.3. The average molecular weight is 352 g/mol. The van der Waals surface area contributed by atoms with Crippen LogP contribution >= 0.6 is 11.3 Å². The average Bonchev–Trinajstić information content (AvgIpc) is 2.91. The number of thiophene rings is 1. The first-order chi connectivity index (χ1) is 11.4. The van der Waals surface area contributed by atoms with Gasteiger partial charge in [0.25, 0.3) is 0 Å². The summed E-state index contributed by atoms with van der Waals surface area (Å²) in [7, 11) is 0. The number of carbonyl (C=O) groups is 3. The first-order valence-corrected chi connectivity index (χ1v) is 9.03. The largest absolute Gasteiger partial charge is 0.450 e. The molecule has 1 aromatic heterocycles. The summed E-state index contributed by atoms with van der Waals surface area (Å²) in [5.41, 5.74) is 0.734. The third-order valence-electron chi connectivity index (χ3n) is 4.07. The molecule has 0 bridgehead atoms. The van der Waals surface area contributed by atoms with Crippen molar-refractivity contribution in [2.24, 2.45) is 0 Å². The predicted octanol–water partition coefficient (Wildman–Crippen LogP) is 2.63. The maximum absolute atomic E-state index is 12.3. The van der Waals surface area contributed by atoms with E-state index in [4.69, 9.17) is 4.74 Å². The van der Waals surface area contributed by atoms with E-state index in [9.17, 15) is 14.4 Å². The van der Waals surface area contributed by atoms with Crippen molar-refractivity contribution in [2.45, 2.75) is 33.6 Å². The number of rotatable bonds is 5. The molecule has 0 radical (unpaired) electrons. The van der Waals surface area contributed by atoms with Gasteiger partial charge in [-0.25, -0.2) is 4.79 Å². The molecule has 0 unspecified atom stereocenters. The molecular weight excluding hydrogens is 328 g/mol. The number of aryl methyl sites for hydroxylation is 2. The van der Waals surface area contributed by atoms with Crippen LogP contribution in [0, 0.1) is 13.8 Å². The topological polar surface area (TPSA) is 66.9 Å². The Bertz CT molecular complexity index is 618. The molecule has 1 saturated heterocycles. The fraction of sp³-hybridized carbons (Fsp3) is 0.588. The molecule has 0 atom stereocenters. The molecule has 0 N–H and O–H groups in total. The van der Waals surface area contributed by atoms with Crippen LogP contribution in [0.4, 0.5) is 4.79 Å². The molecule has 2 rings (SSSR count). The molecule has 2 heterocycles. The summed E-state index contributed by atoms with van der Waals surface area (Å²) >= 11 is 1.60. The van der Waals surface area contributed by atoms with Crippen LogP contribution in [0.3, 0.4) is 0 Å². The number of ketones is 1. The fourth-order valence-electron chi connectivity index (χ4n) is 2.77. The van der Waals surface area contributed by atoms with Crippen molar-refractivity contribution in [1.82, 2.24) is 9.80 Å².